The lowest BCUT2D eigenvalue weighted by Crippen LogP contribution is -2.62. The molecular formula is C27H48O4. The molecule has 0 heterocycles. The third-order valence-electron chi connectivity index (χ3n) is 11.0. The second kappa shape index (κ2) is 8.89. The number of hydrogen-bond acceptors (Lipinski definition) is 4. The lowest BCUT2D eigenvalue weighted by Gasteiger charge is -2.63. The van der Waals surface area contributed by atoms with E-state index < -0.39 is 18.9 Å². The Morgan fingerprint density at radius 1 is 1.00 bits per heavy atom. The van der Waals surface area contributed by atoms with Crippen molar-refractivity contribution in [2.24, 2.45) is 52.3 Å². The molecule has 0 unspecified atom stereocenters. The van der Waals surface area contributed by atoms with E-state index in [0.29, 0.717) is 36.0 Å². The third-order valence-corrected chi connectivity index (χ3v) is 11.0. The van der Waals surface area contributed by atoms with Crippen molar-refractivity contribution in [1.29, 1.82) is 0 Å². The lowest BCUT2D eigenvalue weighted by atomic mass is 9.43. The number of aliphatic hydroxyl groups is 4. The molecule has 0 aromatic carbocycles. The van der Waals surface area contributed by atoms with Gasteiger partial charge in [-0.25, -0.2) is 0 Å². The summed E-state index contributed by atoms with van der Waals surface area (Å²) in [5.41, 5.74) is -0.136. The van der Waals surface area contributed by atoms with Crippen LogP contribution >= 0.6 is 0 Å². The van der Waals surface area contributed by atoms with Gasteiger partial charge in [0.1, 0.15) is 0 Å². The molecule has 4 N–H and O–H groups in total. The van der Waals surface area contributed by atoms with Gasteiger partial charge in [0.15, 0.2) is 0 Å². The Morgan fingerprint density at radius 3 is 2.48 bits per heavy atom. The SMILES string of the molecule is [2H]C([2H])([2H])[C@@H](CO)CCC[C@@H](C)[C@H]1CC[C@H]2[C@@H]3[C@H](O)C[C@@H]4C[C@H](O)CC[C@]4(C)[C@H]3C[C@H](O)[C@]12C. The van der Waals surface area contributed by atoms with Gasteiger partial charge in [-0.2, -0.15) is 0 Å². The van der Waals surface area contributed by atoms with Crippen LogP contribution < -0.4 is 0 Å². The summed E-state index contributed by atoms with van der Waals surface area (Å²) in [6, 6.07) is 0. The van der Waals surface area contributed by atoms with Crippen molar-refractivity contribution in [3.8, 4) is 0 Å². The summed E-state index contributed by atoms with van der Waals surface area (Å²) in [5, 5.41) is 42.8. The maximum atomic E-state index is 11.7. The van der Waals surface area contributed by atoms with Crippen LogP contribution in [0.5, 0.6) is 0 Å². The van der Waals surface area contributed by atoms with E-state index in [1.54, 1.807) is 0 Å². The van der Waals surface area contributed by atoms with Crippen molar-refractivity contribution < 1.29 is 24.5 Å². The number of fused-ring (bicyclic) bond motifs is 5. The Morgan fingerprint density at radius 2 is 1.77 bits per heavy atom. The van der Waals surface area contributed by atoms with Crippen molar-refractivity contribution in [3.63, 3.8) is 0 Å². The predicted octanol–water partition coefficient (Wildman–Crippen LogP) is 4.38. The van der Waals surface area contributed by atoms with E-state index in [1.165, 1.54) is 0 Å². The molecule has 0 amide bonds. The summed E-state index contributed by atoms with van der Waals surface area (Å²) < 4.78 is 22.9. The molecule has 4 fully saturated rings. The molecule has 4 nitrogen and oxygen atoms in total. The largest absolute Gasteiger partial charge is 0.396 e. The molecule has 0 aliphatic heterocycles. The molecule has 4 rings (SSSR count). The smallest absolute Gasteiger partial charge is 0.0602 e. The monoisotopic (exact) mass is 439 g/mol. The van der Waals surface area contributed by atoms with E-state index in [0.717, 1.165) is 57.8 Å². The van der Waals surface area contributed by atoms with E-state index in [-0.39, 0.29) is 35.6 Å². The molecule has 0 bridgehead atoms. The highest BCUT2D eigenvalue weighted by atomic mass is 16.3. The summed E-state index contributed by atoms with van der Waals surface area (Å²) in [6.07, 6.45) is 7.37. The van der Waals surface area contributed by atoms with Crippen molar-refractivity contribution in [2.75, 3.05) is 6.61 Å². The maximum absolute atomic E-state index is 11.7. The fourth-order valence-corrected chi connectivity index (χ4v) is 9.11. The van der Waals surface area contributed by atoms with Gasteiger partial charge in [-0.1, -0.05) is 40.5 Å². The quantitative estimate of drug-likeness (QED) is 0.495. The van der Waals surface area contributed by atoms with E-state index in [4.69, 9.17) is 4.11 Å². The van der Waals surface area contributed by atoms with Crippen LogP contribution in [0.15, 0.2) is 0 Å². The topological polar surface area (TPSA) is 80.9 Å². The molecule has 12 atom stereocenters. The Labute approximate surface area is 194 Å². The van der Waals surface area contributed by atoms with Crippen molar-refractivity contribution in [2.45, 2.75) is 110 Å². The first kappa shape index (κ1) is 20.2. The zero-order valence-electron chi connectivity index (χ0n) is 22.8. The molecule has 4 saturated carbocycles. The zero-order valence-corrected chi connectivity index (χ0v) is 19.8. The first-order valence-electron chi connectivity index (χ1n) is 14.5. The Hall–Kier alpha value is -0.160. The summed E-state index contributed by atoms with van der Waals surface area (Å²) in [7, 11) is 0. The zero-order chi connectivity index (χ0) is 25.1. The molecule has 0 spiro atoms. The minimum Gasteiger partial charge on any atom is -0.396 e. The van der Waals surface area contributed by atoms with E-state index in [9.17, 15) is 20.4 Å². The Bertz CT molecular complexity index is 716. The fraction of sp³-hybridized carbons (Fsp3) is 1.00. The standard InChI is InChI=1S/C27H48O4/c1-16(15-28)6-5-7-17(2)20-8-9-21-25-22(14-24(31)27(20,21)4)26(3)11-10-19(29)12-18(26)13-23(25)30/h16-25,28-31H,5-15H2,1-4H3/t16-,17-,18+,19-,20-,21+,22+,23-,24+,25+,26+,27-/m1/s1/i1D3. The highest BCUT2D eigenvalue weighted by molar-refractivity contribution is 5.14. The minimum atomic E-state index is -2.11. The minimum absolute atomic E-state index is 0.0870. The molecule has 4 heteroatoms. The van der Waals surface area contributed by atoms with E-state index in [2.05, 4.69) is 20.8 Å². The van der Waals surface area contributed by atoms with Gasteiger partial charge in [0.05, 0.1) is 18.3 Å². The molecule has 0 saturated heterocycles. The molecule has 0 aromatic rings. The average molecular weight is 440 g/mol. The molecule has 31 heavy (non-hydrogen) atoms. The van der Waals surface area contributed by atoms with Gasteiger partial charge in [0.25, 0.3) is 0 Å². The normalized spacial score (nSPS) is 53.3. The van der Waals surface area contributed by atoms with Crippen molar-refractivity contribution >= 4 is 0 Å². The molecular weight excluding hydrogens is 388 g/mol. The summed E-state index contributed by atoms with van der Waals surface area (Å²) in [5.74, 6) is 1.23. The van der Waals surface area contributed by atoms with Gasteiger partial charge in [-0.3, -0.25) is 0 Å². The average Bonchev–Trinajstić information content (AvgIpc) is 3.11. The summed E-state index contributed by atoms with van der Waals surface area (Å²) in [6.45, 7) is 4.46. The molecule has 4 aliphatic rings. The third kappa shape index (κ3) is 3.92. The lowest BCUT2D eigenvalue weighted by molar-refractivity contribution is -0.207. The van der Waals surface area contributed by atoms with Gasteiger partial charge >= 0.3 is 0 Å². The van der Waals surface area contributed by atoms with Crippen molar-refractivity contribution in [3.05, 3.63) is 0 Å². The van der Waals surface area contributed by atoms with E-state index in [1.807, 2.05) is 0 Å². The van der Waals surface area contributed by atoms with Gasteiger partial charge in [-0.15, -0.1) is 0 Å². The first-order chi connectivity index (χ1) is 15.8. The maximum Gasteiger partial charge on any atom is 0.0602 e. The van der Waals surface area contributed by atoms with Crippen LogP contribution in [-0.2, 0) is 0 Å². The fourth-order valence-electron chi connectivity index (χ4n) is 9.11. The molecule has 0 radical (unpaired) electrons. The van der Waals surface area contributed by atoms with Crippen molar-refractivity contribution in [1.82, 2.24) is 0 Å². The predicted molar refractivity (Wildman–Crippen MR) is 123 cm³/mol. The van der Waals surface area contributed by atoms with Gasteiger partial charge in [0.2, 0.25) is 0 Å². The molecule has 4 aliphatic carbocycles. The summed E-state index contributed by atoms with van der Waals surface area (Å²) in [4.78, 5) is 0. The van der Waals surface area contributed by atoms with Crippen LogP contribution in [0.3, 0.4) is 0 Å². The second-order valence-electron chi connectivity index (χ2n) is 12.3. The second-order valence-corrected chi connectivity index (χ2v) is 12.3. The van der Waals surface area contributed by atoms with Gasteiger partial charge in [-0.05, 0) is 104 Å². The molecule has 0 aromatic heterocycles. The first-order valence-corrected chi connectivity index (χ1v) is 13.0. The highest BCUT2D eigenvalue weighted by Gasteiger charge is 2.65. The van der Waals surface area contributed by atoms with E-state index >= 15 is 0 Å². The number of aliphatic hydroxyl groups excluding tert-OH is 4. The Balaban J connectivity index is 1.48. The van der Waals surface area contributed by atoms with Crippen LogP contribution in [0, 0.1) is 52.3 Å². The van der Waals surface area contributed by atoms with Gasteiger partial charge < -0.3 is 20.4 Å². The van der Waals surface area contributed by atoms with Crippen LogP contribution in [0.1, 0.15) is 95.9 Å². The van der Waals surface area contributed by atoms with Crippen LogP contribution in [0.25, 0.3) is 0 Å². The Kier molecular flexibility index (Phi) is 5.80. The number of rotatable bonds is 6. The number of hydrogen-bond donors (Lipinski definition) is 4. The van der Waals surface area contributed by atoms with Gasteiger partial charge in [0, 0.05) is 10.7 Å². The van der Waals surface area contributed by atoms with Crippen LogP contribution in [0.4, 0.5) is 0 Å². The highest BCUT2D eigenvalue weighted by Crippen LogP contribution is 2.68. The summed E-state index contributed by atoms with van der Waals surface area (Å²) >= 11 is 0. The van der Waals surface area contributed by atoms with Crippen LogP contribution in [0.2, 0.25) is 0 Å². The van der Waals surface area contributed by atoms with Crippen LogP contribution in [-0.4, -0.2) is 45.3 Å². The molecule has 180 valence electrons.